The number of benzene rings is 2. The van der Waals surface area contributed by atoms with Crippen molar-refractivity contribution >= 4 is 11.8 Å². The van der Waals surface area contributed by atoms with E-state index in [4.69, 9.17) is 9.47 Å². The summed E-state index contributed by atoms with van der Waals surface area (Å²) in [4.78, 5) is 0. The summed E-state index contributed by atoms with van der Waals surface area (Å²) >= 11 is 1.62. The monoisotopic (exact) mass is 434 g/mol. The quantitative estimate of drug-likeness (QED) is 0.355. The van der Waals surface area contributed by atoms with Crippen LogP contribution in [0.15, 0.2) is 47.6 Å². The molecule has 0 atom stereocenters. The number of ether oxygens (including phenoxy) is 2. The van der Waals surface area contributed by atoms with E-state index < -0.39 is 0 Å². The smallest absolute Gasteiger partial charge is 0.209 e. The zero-order valence-corrected chi connectivity index (χ0v) is 18.3. The Bertz CT molecular complexity index is 889. The lowest BCUT2D eigenvalue weighted by Gasteiger charge is -2.13. The molecule has 0 saturated carbocycles. The first-order valence-electron chi connectivity index (χ1n) is 9.07. The average molecular weight is 435 g/mol. The van der Waals surface area contributed by atoms with Crippen molar-refractivity contribution in [2.45, 2.75) is 25.2 Å². The van der Waals surface area contributed by atoms with Crippen molar-refractivity contribution in [3.63, 3.8) is 0 Å². The summed E-state index contributed by atoms with van der Waals surface area (Å²) in [6.45, 7) is 4.20. The Kier molecular flexibility index (Phi) is 9.24. The van der Waals surface area contributed by atoms with Gasteiger partial charge in [0.25, 0.3) is 0 Å². The molecule has 0 aliphatic carbocycles. The maximum atomic E-state index is 5.93. The number of nitrogens with one attached hydrogen (secondary N) is 1. The maximum absolute atomic E-state index is 5.93. The Balaban J connectivity index is 0.00000300. The minimum atomic E-state index is 0. The molecule has 0 aliphatic rings. The lowest BCUT2D eigenvalue weighted by molar-refractivity contribution is -0.00000658. The molecule has 0 radical (unpaired) electrons. The second-order valence-electron chi connectivity index (χ2n) is 6.37. The van der Waals surface area contributed by atoms with Crippen LogP contribution in [-0.4, -0.2) is 39.6 Å². The summed E-state index contributed by atoms with van der Waals surface area (Å²) in [5.41, 5.74) is 3.52. The van der Waals surface area contributed by atoms with E-state index in [1.165, 1.54) is 5.56 Å². The Hall–Kier alpha value is -2.29. The van der Waals surface area contributed by atoms with Gasteiger partial charge in [0.2, 0.25) is 5.16 Å². The first-order valence-corrected chi connectivity index (χ1v) is 10.1. The minimum Gasteiger partial charge on any atom is -1.00 e. The van der Waals surface area contributed by atoms with E-state index in [2.05, 4.69) is 58.1 Å². The molecule has 7 nitrogen and oxygen atoms in total. The highest BCUT2D eigenvalue weighted by atomic mass is 35.5. The molecule has 1 N–H and O–H groups in total. The van der Waals surface area contributed by atoms with Gasteiger partial charge in [-0.15, -0.1) is 5.10 Å². The summed E-state index contributed by atoms with van der Waals surface area (Å²) in [5.74, 6) is 2.38. The number of hydrogen-bond donors (Lipinski definition) is 1. The number of rotatable bonds is 10. The third kappa shape index (κ3) is 6.92. The second-order valence-corrected chi connectivity index (χ2v) is 7.43. The molecule has 2 aromatic carbocycles. The molecule has 3 rings (SSSR count). The number of aromatic nitrogens is 4. The molecule has 0 spiro atoms. The molecule has 0 unspecified atom stereocenters. The van der Waals surface area contributed by atoms with Gasteiger partial charge in [0.1, 0.15) is 6.61 Å². The summed E-state index contributed by atoms with van der Waals surface area (Å²) in [6.07, 6.45) is 0. The molecule has 0 fully saturated rings. The lowest BCUT2D eigenvalue weighted by Crippen LogP contribution is -3.00. The number of methoxy groups -OCH3 is 1. The van der Waals surface area contributed by atoms with Crippen LogP contribution in [0.2, 0.25) is 0 Å². The molecule has 1 heterocycles. The molecular formula is C20H25ClN5O2S-. The number of thioether (sulfide) groups is 1. The SMILES string of the molecule is COc1cc(CNCCSc2nnnn2C)ccc1OCc1ccc(C)cc1.[Cl-]. The molecule has 0 aliphatic heterocycles. The third-order valence-electron chi connectivity index (χ3n) is 4.16. The van der Waals surface area contributed by atoms with Crippen LogP contribution in [0.5, 0.6) is 11.5 Å². The van der Waals surface area contributed by atoms with E-state index in [0.717, 1.165) is 46.6 Å². The van der Waals surface area contributed by atoms with E-state index in [-0.39, 0.29) is 12.4 Å². The van der Waals surface area contributed by atoms with Gasteiger partial charge in [-0.1, -0.05) is 47.7 Å². The highest BCUT2D eigenvalue weighted by Crippen LogP contribution is 2.29. The molecule has 0 bridgehead atoms. The van der Waals surface area contributed by atoms with Crippen LogP contribution >= 0.6 is 11.8 Å². The highest BCUT2D eigenvalue weighted by Gasteiger charge is 2.07. The van der Waals surface area contributed by atoms with E-state index >= 15 is 0 Å². The van der Waals surface area contributed by atoms with Crippen molar-refractivity contribution in [1.82, 2.24) is 25.5 Å². The van der Waals surface area contributed by atoms with E-state index in [9.17, 15) is 0 Å². The van der Waals surface area contributed by atoms with Crippen LogP contribution in [0, 0.1) is 6.92 Å². The summed E-state index contributed by atoms with van der Waals surface area (Å²) in [5, 5.41) is 15.6. The molecule has 3 aromatic rings. The number of halogens is 1. The standard InChI is InChI=1S/C20H25N5O2S.ClH/c1-15-4-6-16(7-5-15)14-27-18-9-8-17(12-19(18)26-3)13-21-10-11-28-20-22-23-24-25(20)2;/h4-9,12,21H,10-11,13-14H2,1-3H3;1H/p-1. The normalized spacial score (nSPS) is 10.4. The number of hydrogen-bond acceptors (Lipinski definition) is 7. The van der Waals surface area contributed by atoms with Crippen molar-refractivity contribution in [2.75, 3.05) is 19.4 Å². The third-order valence-corrected chi connectivity index (χ3v) is 5.18. The van der Waals surface area contributed by atoms with Crippen molar-refractivity contribution in [3.05, 3.63) is 59.2 Å². The second kappa shape index (κ2) is 11.6. The van der Waals surface area contributed by atoms with Gasteiger partial charge in [0.05, 0.1) is 7.11 Å². The number of tetrazole rings is 1. The fraction of sp³-hybridized carbons (Fsp3) is 0.350. The minimum absolute atomic E-state index is 0. The summed E-state index contributed by atoms with van der Waals surface area (Å²) < 4.78 is 13.1. The Labute approximate surface area is 181 Å². The topological polar surface area (TPSA) is 74.1 Å². The van der Waals surface area contributed by atoms with Crippen LogP contribution in [0.3, 0.4) is 0 Å². The lowest BCUT2D eigenvalue weighted by atomic mass is 10.1. The predicted octanol–water partition coefficient (Wildman–Crippen LogP) is -0.00798. The average Bonchev–Trinajstić information content (AvgIpc) is 3.12. The molecule has 9 heteroatoms. The predicted molar refractivity (Wildman–Crippen MR) is 110 cm³/mol. The zero-order chi connectivity index (χ0) is 19.8. The molecule has 0 amide bonds. The Morgan fingerprint density at radius 1 is 1.07 bits per heavy atom. The van der Waals surface area contributed by atoms with E-state index in [1.54, 1.807) is 23.6 Å². The van der Waals surface area contributed by atoms with Crippen LogP contribution in [0.25, 0.3) is 0 Å². The molecule has 1 aromatic heterocycles. The molecule has 0 saturated heterocycles. The zero-order valence-electron chi connectivity index (χ0n) is 16.8. The van der Waals surface area contributed by atoms with Gasteiger partial charge in [-0.05, 0) is 40.6 Å². The first kappa shape index (κ1) is 23.0. The van der Waals surface area contributed by atoms with Gasteiger partial charge in [-0.3, -0.25) is 0 Å². The van der Waals surface area contributed by atoms with Crippen LogP contribution in [0.4, 0.5) is 0 Å². The van der Waals surface area contributed by atoms with Crippen molar-refractivity contribution in [2.24, 2.45) is 7.05 Å². The van der Waals surface area contributed by atoms with Gasteiger partial charge in [-0.2, -0.15) is 0 Å². The van der Waals surface area contributed by atoms with E-state index in [0.29, 0.717) is 6.61 Å². The fourth-order valence-corrected chi connectivity index (χ4v) is 3.32. The van der Waals surface area contributed by atoms with Crippen LogP contribution in [-0.2, 0) is 20.2 Å². The number of nitrogens with zero attached hydrogens (tertiary/aromatic N) is 4. The Morgan fingerprint density at radius 3 is 2.52 bits per heavy atom. The highest BCUT2D eigenvalue weighted by molar-refractivity contribution is 7.99. The van der Waals surface area contributed by atoms with Crippen molar-refractivity contribution in [3.8, 4) is 11.5 Å². The fourth-order valence-electron chi connectivity index (χ4n) is 2.58. The number of aryl methyl sites for hydroxylation is 2. The van der Waals surface area contributed by atoms with Crippen molar-refractivity contribution in [1.29, 1.82) is 0 Å². The first-order chi connectivity index (χ1) is 13.7. The van der Waals surface area contributed by atoms with Gasteiger partial charge >= 0.3 is 0 Å². The van der Waals surface area contributed by atoms with Gasteiger partial charge in [0.15, 0.2) is 11.5 Å². The van der Waals surface area contributed by atoms with Gasteiger partial charge in [-0.25, -0.2) is 4.68 Å². The van der Waals surface area contributed by atoms with Crippen LogP contribution in [0.1, 0.15) is 16.7 Å². The maximum Gasteiger partial charge on any atom is 0.209 e. The van der Waals surface area contributed by atoms with Crippen molar-refractivity contribution < 1.29 is 21.9 Å². The van der Waals surface area contributed by atoms with Gasteiger partial charge in [0, 0.05) is 25.9 Å². The molecule has 156 valence electrons. The molecule has 29 heavy (non-hydrogen) atoms. The van der Waals surface area contributed by atoms with Gasteiger partial charge < -0.3 is 27.2 Å². The van der Waals surface area contributed by atoms with Crippen LogP contribution < -0.4 is 27.2 Å². The largest absolute Gasteiger partial charge is 1.00 e. The summed E-state index contributed by atoms with van der Waals surface area (Å²) in [6, 6.07) is 14.4. The van der Waals surface area contributed by atoms with E-state index in [1.807, 2.05) is 19.2 Å². The Morgan fingerprint density at radius 2 is 1.83 bits per heavy atom. The molecular weight excluding hydrogens is 410 g/mol. The summed E-state index contributed by atoms with van der Waals surface area (Å²) in [7, 11) is 3.50.